The zero-order valence-corrected chi connectivity index (χ0v) is 14.1. The molecule has 21 heavy (non-hydrogen) atoms. The van der Waals surface area contributed by atoms with Gasteiger partial charge < -0.3 is 10.1 Å². The van der Waals surface area contributed by atoms with Gasteiger partial charge in [0.2, 0.25) is 0 Å². The number of nitrogens with one attached hydrogen (secondary N) is 1. The lowest BCUT2D eigenvalue weighted by Crippen LogP contribution is -2.39. The fraction of sp³-hybridized carbons (Fsp3) is 0.800. The van der Waals surface area contributed by atoms with E-state index in [0.29, 0.717) is 6.04 Å². The number of methoxy groups -OCH3 is 1. The number of aromatic nitrogens is 2. The molecular formula is C15H27ClN4O. The molecule has 1 aliphatic heterocycles. The second-order valence-electron chi connectivity index (χ2n) is 5.63. The fourth-order valence-corrected chi connectivity index (χ4v) is 3.18. The monoisotopic (exact) mass is 314 g/mol. The highest BCUT2D eigenvalue weighted by Gasteiger charge is 2.26. The molecule has 2 rings (SSSR count). The van der Waals surface area contributed by atoms with E-state index in [-0.39, 0.29) is 0 Å². The smallest absolute Gasteiger partial charge is 0.0860 e. The van der Waals surface area contributed by atoms with Crippen LogP contribution in [0, 0.1) is 6.92 Å². The van der Waals surface area contributed by atoms with Gasteiger partial charge in [0.25, 0.3) is 0 Å². The highest BCUT2D eigenvalue weighted by atomic mass is 35.5. The average Bonchev–Trinajstić information content (AvgIpc) is 3.03. The summed E-state index contributed by atoms with van der Waals surface area (Å²) in [7, 11) is 1.74. The van der Waals surface area contributed by atoms with Crippen LogP contribution in [0.25, 0.3) is 0 Å². The van der Waals surface area contributed by atoms with Crippen LogP contribution in [0.2, 0.25) is 5.02 Å². The molecule has 1 saturated heterocycles. The fourth-order valence-electron chi connectivity index (χ4n) is 2.99. The Morgan fingerprint density at radius 2 is 2.29 bits per heavy atom. The van der Waals surface area contributed by atoms with Crippen molar-refractivity contribution >= 4 is 11.6 Å². The molecule has 1 unspecified atom stereocenters. The highest BCUT2D eigenvalue weighted by molar-refractivity contribution is 6.31. The zero-order valence-electron chi connectivity index (χ0n) is 13.4. The maximum Gasteiger partial charge on any atom is 0.0860 e. The molecule has 1 aromatic rings. The number of likely N-dealkylation sites (tertiary alicyclic amines) is 1. The first-order chi connectivity index (χ1) is 10.2. The summed E-state index contributed by atoms with van der Waals surface area (Å²) >= 11 is 6.42. The molecule has 0 amide bonds. The Morgan fingerprint density at radius 1 is 1.48 bits per heavy atom. The van der Waals surface area contributed by atoms with Gasteiger partial charge in [-0.3, -0.25) is 9.58 Å². The number of rotatable bonds is 8. The Labute approximate surface area is 132 Å². The molecule has 5 nitrogen and oxygen atoms in total. The predicted octanol–water partition coefficient (Wildman–Crippen LogP) is 2.07. The van der Waals surface area contributed by atoms with Gasteiger partial charge in [-0.1, -0.05) is 11.6 Å². The topological polar surface area (TPSA) is 42.3 Å². The maximum absolute atomic E-state index is 6.42. The quantitative estimate of drug-likeness (QED) is 0.746. The van der Waals surface area contributed by atoms with E-state index in [1.54, 1.807) is 7.11 Å². The molecule has 1 aliphatic rings. The normalized spacial score (nSPS) is 19.5. The van der Waals surface area contributed by atoms with E-state index in [1.807, 2.05) is 11.6 Å². The number of nitrogens with zero attached hydrogens (tertiary/aromatic N) is 3. The lowest BCUT2D eigenvalue weighted by atomic mass is 10.2. The van der Waals surface area contributed by atoms with Gasteiger partial charge in [0, 0.05) is 39.3 Å². The minimum Gasteiger partial charge on any atom is -0.383 e. The van der Waals surface area contributed by atoms with E-state index in [2.05, 4.69) is 22.2 Å². The van der Waals surface area contributed by atoms with Crippen LogP contribution in [0.5, 0.6) is 0 Å². The summed E-state index contributed by atoms with van der Waals surface area (Å²) in [5, 5.41) is 8.81. The van der Waals surface area contributed by atoms with Gasteiger partial charge >= 0.3 is 0 Å². The molecule has 0 spiro atoms. The van der Waals surface area contributed by atoms with Crippen LogP contribution in [-0.4, -0.2) is 54.1 Å². The van der Waals surface area contributed by atoms with Crippen LogP contribution >= 0.6 is 11.6 Å². The van der Waals surface area contributed by atoms with Crippen LogP contribution in [0.4, 0.5) is 0 Å². The van der Waals surface area contributed by atoms with E-state index in [0.717, 1.165) is 55.7 Å². The maximum atomic E-state index is 6.42. The summed E-state index contributed by atoms with van der Waals surface area (Å²) in [6.45, 7) is 9.68. The van der Waals surface area contributed by atoms with Gasteiger partial charge in [-0.2, -0.15) is 5.10 Å². The number of aryl methyl sites for hydroxylation is 2. The summed E-state index contributed by atoms with van der Waals surface area (Å²) in [4.78, 5) is 2.52. The second-order valence-corrected chi connectivity index (χ2v) is 6.00. The summed E-state index contributed by atoms with van der Waals surface area (Å²) in [6, 6.07) is 0.582. The molecule has 0 aromatic carbocycles. The van der Waals surface area contributed by atoms with Gasteiger partial charge in [0.1, 0.15) is 0 Å². The molecule has 1 aromatic heterocycles. The minimum atomic E-state index is 0.582. The molecule has 0 aliphatic carbocycles. The lowest BCUT2D eigenvalue weighted by molar-refractivity contribution is 0.190. The van der Waals surface area contributed by atoms with Crippen LogP contribution < -0.4 is 5.32 Å². The molecule has 1 N–H and O–H groups in total. The van der Waals surface area contributed by atoms with Crippen molar-refractivity contribution in [2.75, 3.05) is 33.4 Å². The number of halogens is 1. The van der Waals surface area contributed by atoms with E-state index in [1.165, 1.54) is 12.8 Å². The van der Waals surface area contributed by atoms with Crippen LogP contribution in [-0.2, 0) is 17.8 Å². The van der Waals surface area contributed by atoms with Gasteiger partial charge in [-0.15, -0.1) is 0 Å². The molecule has 2 heterocycles. The Kier molecular flexibility index (Phi) is 6.48. The summed E-state index contributed by atoms with van der Waals surface area (Å²) in [5.41, 5.74) is 2.09. The minimum absolute atomic E-state index is 0.582. The van der Waals surface area contributed by atoms with Gasteiger partial charge in [0.15, 0.2) is 0 Å². The summed E-state index contributed by atoms with van der Waals surface area (Å²) in [6.07, 6.45) is 2.50. The molecule has 6 heteroatoms. The average molecular weight is 315 g/mol. The highest BCUT2D eigenvalue weighted by Crippen LogP contribution is 2.25. The summed E-state index contributed by atoms with van der Waals surface area (Å²) in [5.74, 6) is 0. The third kappa shape index (κ3) is 4.19. The van der Waals surface area contributed by atoms with Crippen molar-refractivity contribution in [2.24, 2.45) is 0 Å². The first-order valence-corrected chi connectivity index (χ1v) is 8.20. The molecule has 1 fully saturated rings. The van der Waals surface area contributed by atoms with Crippen molar-refractivity contribution in [3.05, 3.63) is 16.4 Å². The lowest BCUT2D eigenvalue weighted by Gasteiger charge is -2.25. The Bertz CT molecular complexity index is 449. The van der Waals surface area contributed by atoms with Gasteiger partial charge in [-0.05, 0) is 33.2 Å². The largest absolute Gasteiger partial charge is 0.383 e. The van der Waals surface area contributed by atoms with Gasteiger partial charge in [0.05, 0.1) is 23.0 Å². The van der Waals surface area contributed by atoms with E-state index >= 15 is 0 Å². The molecule has 0 radical (unpaired) electrons. The Balaban J connectivity index is 1.95. The summed E-state index contributed by atoms with van der Waals surface area (Å²) < 4.78 is 7.11. The second kappa shape index (κ2) is 8.13. The Morgan fingerprint density at radius 3 is 3.00 bits per heavy atom. The van der Waals surface area contributed by atoms with Crippen molar-refractivity contribution in [3.8, 4) is 0 Å². The van der Waals surface area contributed by atoms with Crippen molar-refractivity contribution in [3.63, 3.8) is 0 Å². The Hall–Kier alpha value is -0.620. The zero-order chi connectivity index (χ0) is 15.2. The van der Waals surface area contributed by atoms with Crippen molar-refractivity contribution in [1.29, 1.82) is 0 Å². The predicted molar refractivity (Wildman–Crippen MR) is 85.8 cm³/mol. The first-order valence-electron chi connectivity index (χ1n) is 7.82. The number of ether oxygens (including phenoxy) is 1. The van der Waals surface area contributed by atoms with Gasteiger partial charge in [-0.25, -0.2) is 0 Å². The van der Waals surface area contributed by atoms with Crippen LogP contribution in [0.15, 0.2) is 0 Å². The molecule has 0 saturated carbocycles. The third-order valence-corrected chi connectivity index (χ3v) is 4.66. The van der Waals surface area contributed by atoms with Crippen molar-refractivity contribution < 1.29 is 4.74 Å². The molecule has 0 bridgehead atoms. The molecular weight excluding hydrogens is 288 g/mol. The van der Waals surface area contributed by atoms with E-state index in [4.69, 9.17) is 16.3 Å². The first kappa shape index (κ1) is 16.7. The van der Waals surface area contributed by atoms with Crippen LogP contribution in [0.1, 0.15) is 31.2 Å². The SMILES string of the molecule is CCn1nc(C)c(Cl)c1CN1CCCC1CNCCOC. The molecule has 120 valence electrons. The van der Waals surface area contributed by atoms with E-state index in [9.17, 15) is 0 Å². The number of hydrogen-bond donors (Lipinski definition) is 1. The third-order valence-electron chi connectivity index (χ3n) is 4.17. The van der Waals surface area contributed by atoms with Crippen molar-refractivity contribution in [1.82, 2.24) is 20.0 Å². The molecule has 1 atom stereocenters. The van der Waals surface area contributed by atoms with Crippen molar-refractivity contribution in [2.45, 2.75) is 45.8 Å². The van der Waals surface area contributed by atoms with Crippen LogP contribution in [0.3, 0.4) is 0 Å². The number of hydrogen-bond acceptors (Lipinski definition) is 4. The van der Waals surface area contributed by atoms with E-state index < -0.39 is 0 Å². The standard InChI is InChI=1S/C15H27ClN4O/c1-4-20-14(15(16)12(2)18-20)11-19-8-5-6-13(19)10-17-7-9-21-3/h13,17H,4-11H2,1-3H3.